The van der Waals surface area contributed by atoms with E-state index in [1.165, 1.54) is 16.8 Å². The Bertz CT molecular complexity index is 352. The molecule has 0 aliphatic heterocycles. The Morgan fingerprint density at radius 3 is 2.88 bits per heavy atom. The Kier molecular flexibility index (Phi) is 5.62. The average Bonchev–Trinajstić information content (AvgIpc) is 2.71. The Morgan fingerprint density at radius 2 is 2.24 bits per heavy atom. The van der Waals surface area contributed by atoms with Crippen LogP contribution in [-0.4, -0.2) is 36.5 Å². The molecule has 1 aromatic rings. The van der Waals surface area contributed by atoms with E-state index < -0.39 is 13.0 Å². The van der Waals surface area contributed by atoms with Gasteiger partial charge in [0, 0.05) is 19.3 Å². The van der Waals surface area contributed by atoms with Gasteiger partial charge in [-0.05, 0) is 18.7 Å². The molecular formula is C11H17F2N3O. The molecule has 1 rings (SSSR count). The van der Waals surface area contributed by atoms with Crippen LogP contribution >= 0.6 is 0 Å². The summed E-state index contributed by atoms with van der Waals surface area (Å²) in [7, 11) is 0. The third-order valence-corrected chi connectivity index (χ3v) is 2.23. The average molecular weight is 245 g/mol. The number of alkyl halides is 2. The minimum absolute atomic E-state index is 0.266. The first-order valence-electron chi connectivity index (χ1n) is 5.57. The fraction of sp³-hybridized carbons (Fsp3) is 0.545. The van der Waals surface area contributed by atoms with E-state index in [-0.39, 0.29) is 11.6 Å². The molecule has 1 heterocycles. The van der Waals surface area contributed by atoms with E-state index in [1.807, 2.05) is 6.92 Å². The van der Waals surface area contributed by atoms with Crippen LogP contribution in [0.4, 0.5) is 8.78 Å². The number of nitrogens with one attached hydrogen (secondary N) is 2. The van der Waals surface area contributed by atoms with E-state index in [2.05, 4.69) is 10.6 Å². The molecule has 2 N–H and O–H groups in total. The molecule has 1 aromatic heterocycles. The zero-order valence-electron chi connectivity index (χ0n) is 9.75. The number of hydrogen-bond acceptors (Lipinski definition) is 2. The molecule has 4 nitrogen and oxygen atoms in total. The molecule has 96 valence electrons. The lowest BCUT2D eigenvalue weighted by molar-refractivity contribution is 0.0931. The van der Waals surface area contributed by atoms with E-state index in [9.17, 15) is 13.6 Å². The first-order valence-corrected chi connectivity index (χ1v) is 5.57. The van der Waals surface area contributed by atoms with Gasteiger partial charge in [0.05, 0.1) is 6.54 Å². The Hall–Kier alpha value is -1.43. The van der Waals surface area contributed by atoms with Gasteiger partial charge in [-0.15, -0.1) is 0 Å². The molecule has 6 heteroatoms. The summed E-state index contributed by atoms with van der Waals surface area (Å²) in [6.45, 7) is 3.49. The van der Waals surface area contributed by atoms with E-state index >= 15 is 0 Å². The number of hydrogen-bond donors (Lipinski definition) is 2. The third kappa shape index (κ3) is 4.52. The van der Waals surface area contributed by atoms with Crippen molar-refractivity contribution in [3.63, 3.8) is 0 Å². The maximum atomic E-state index is 12.2. The molecule has 0 atom stereocenters. The minimum atomic E-state index is -2.46. The molecule has 0 unspecified atom stereocenters. The number of carbonyl (C=O) groups is 1. The second kappa shape index (κ2) is 7.01. The standard InChI is InChI=1S/C11H17F2N3O/c1-2-14-5-6-15-11(17)9-4-3-7-16(9)8-10(12)13/h3-4,7,10,14H,2,5-6,8H2,1H3,(H,15,17). The predicted molar refractivity (Wildman–Crippen MR) is 61.3 cm³/mol. The highest BCUT2D eigenvalue weighted by Crippen LogP contribution is 2.06. The van der Waals surface area contributed by atoms with Crippen molar-refractivity contribution < 1.29 is 13.6 Å². The van der Waals surface area contributed by atoms with Gasteiger partial charge >= 0.3 is 0 Å². The van der Waals surface area contributed by atoms with Gasteiger partial charge in [0.15, 0.2) is 0 Å². The van der Waals surface area contributed by atoms with E-state index in [1.54, 1.807) is 6.07 Å². The van der Waals surface area contributed by atoms with Crippen molar-refractivity contribution in [3.05, 3.63) is 24.0 Å². The maximum absolute atomic E-state index is 12.2. The molecule has 17 heavy (non-hydrogen) atoms. The van der Waals surface area contributed by atoms with Crippen molar-refractivity contribution in [2.45, 2.75) is 19.9 Å². The number of likely N-dealkylation sites (N-methyl/N-ethyl adjacent to an activating group) is 1. The monoisotopic (exact) mass is 245 g/mol. The molecule has 0 saturated carbocycles. The van der Waals surface area contributed by atoms with Gasteiger partial charge in [0.25, 0.3) is 12.3 Å². The quantitative estimate of drug-likeness (QED) is 0.706. The van der Waals surface area contributed by atoms with Gasteiger partial charge in [-0.25, -0.2) is 8.78 Å². The lowest BCUT2D eigenvalue weighted by atomic mass is 10.4. The van der Waals surface area contributed by atoms with E-state index in [0.29, 0.717) is 13.1 Å². The van der Waals surface area contributed by atoms with Crippen LogP contribution in [0.5, 0.6) is 0 Å². The molecule has 0 bridgehead atoms. The number of aromatic nitrogens is 1. The first kappa shape index (κ1) is 13.6. The van der Waals surface area contributed by atoms with Crippen molar-refractivity contribution in [1.82, 2.24) is 15.2 Å². The highest BCUT2D eigenvalue weighted by Gasteiger charge is 2.12. The van der Waals surface area contributed by atoms with Crippen LogP contribution in [0.15, 0.2) is 18.3 Å². The third-order valence-electron chi connectivity index (χ3n) is 2.23. The molecule has 0 aromatic carbocycles. The van der Waals surface area contributed by atoms with Gasteiger partial charge < -0.3 is 15.2 Å². The summed E-state index contributed by atoms with van der Waals surface area (Å²) in [4.78, 5) is 11.7. The highest BCUT2D eigenvalue weighted by molar-refractivity contribution is 5.92. The SMILES string of the molecule is CCNCCNC(=O)c1cccn1CC(F)F. The first-order chi connectivity index (χ1) is 8.15. The van der Waals surface area contributed by atoms with Crippen LogP contribution in [0.1, 0.15) is 17.4 Å². The molecular weight excluding hydrogens is 228 g/mol. The Morgan fingerprint density at radius 1 is 1.47 bits per heavy atom. The summed E-state index contributed by atoms with van der Waals surface area (Å²) in [5.74, 6) is -0.325. The fourth-order valence-corrected chi connectivity index (χ4v) is 1.46. The largest absolute Gasteiger partial charge is 0.349 e. The predicted octanol–water partition coefficient (Wildman–Crippen LogP) is 1.09. The van der Waals surface area contributed by atoms with Crippen LogP contribution in [0, 0.1) is 0 Å². The van der Waals surface area contributed by atoms with Crippen LogP contribution in [-0.2, 0) is 6.54 Å². The van der Waals surface area contributed by atoms with Crippen LogP contribution in [0.3, 0.4) is 0 Å². The summed E-state index contributed by atoms with van der Waals surface area (Å²) < 4.78 is 25.7. The maximum Gasteiger partial charge on any atom is 0.267 e. The Labute approximate surface area is 99.0 Å². The van der Waals surface area contributed by atoms with Crippen LogP contribution in [0.2, 0.25) is 0 Å². The topological polar surface area (TPSA) is 46.1 Å². The lowest BCUT2D eigenvalue weighted by Crippen LogP contribution is -2.33. The van der Waals surface area contributed by atoms with Crippen molar-refractivity contribution in [2.24, 2.45) is 0 Å². The number of rotatable bonds is 7. The number of nitrogens with zero attached hydrogens (tertiary/aromatic N) is 1. The number of amides is 1. The summed E-state index contributed by atoms with van der Waals surface area (Å²) in [5.41, 5.74) is 0.266. The molecule has 0 saturated heterocycles. The fourth-order valence-electron chi connectivity index (χ4n) is 1.46. The number of halogens is 2. The minimum Gasteiger partial charge on any atom is -0.349 e. The summed E-state index contributed by atoms with van der Waals surface area (Å²) in [6, 6.07) is 3.12. The summed E-state index contributed by atoms with van der Waals surface area (Å²) in [5, 5.41) is 5.72. The molecule has 0 spiro atoms. The van der Waals surface area contributed by atoms with Crippen molar-refractivity contribution in [2.75, 3.05) is 19.6 Å². The molecule has 0 fully saturated rings. The van der Waals surface area contributed by atoms with Gasteiger partial charge in [-0.1, -0.05) is 6.92 Å². The summed E-state index contributed by atoms with van der Waals surface area (Å²) in [6.07, 6.45) is -0.985. The molecule has 1 amide bonds. The molecule has 0 radical (unpaired) electrons. The zero-order valence-corrected chi connectivity index (χ0v) is 9.75. The van der Waals surface area contributed by atoms with Crippen LogP contribution in [0.25, 0.3) is 0 Å². The second-order valence-electron chi connectivity index (χ2n) is 3.55. The van der Waals surface area contributed by atoms with Crippen LogP contribution < -0.4 is 10.6 Å². The summed E-state index contributed by atoms with van der Waals surface area (Å²) >= 11 is 0. The normalized spacial score (nSPS) is 10.8. The van der Waals surface area contributed by atoms with Gasteiger partial charge in [0.1, 0.15) is 5.69 Å². The van der Waals surface area contributed by atoms with Gasteiger partial charge in [-0.2, -0.15) is 0 Å². The van der Waals surface area contributed by atoms with Crippen molar-refractivity contribution >= 4 is 5.91 Å². The highest BCUT2D eigenvalue weighted by atomic mass is 19.3. The van der Waals surface area contributed by atoms with Gasteiger partial charge in [0.2, 0.25) is 0 Å². The van der Waals surface area contributed by atoms with Gasteiger partial charge in [-0.3, -0.25) is 4.79 Å². The molecule has 0 aliphatic rings. The smallest absolute Gasteiger partial charge is 0.267 e. The number of carbonyl (C=O) groups excluding carboxylic acids is 1. The van der Waals surface area contributed by atoms with Crippen molar-refractivity contribution in [3.8, 4) is 0 Å². The molecule has 0 aliphatic carbocycles. The zero-order chi connectivity index (χ0) is 12.7. The van der Waals surface area contributed by atoms with Crippen molar-refractivity contribution in [1.29, 1.82) is 0 Å². The second-order valence-corrected chi connectivity index (χ2v) is 3.55. The van der Waals surface area contributed by atoms with E-state index in [0.717, 1.165) is 6.54 Å². The lowest BCUT2D eigenvalue weighted by Gasteiger charge is -2.09. The van der Waals surface area contributed by atoms with E-state index in [4.69, 9.17) is 0 Å². The Balaban J connectivity index is 2.48.